The maximum atomic E-state index is 14.2. The highest BCUT2D eigenvalue weighted by Gasteiger charge is 2.34. The number of hydrogen-bond acceptors (Lipinski definition) is 4. The van der Waals surface area contributed by atoms with Crippen LogP contribution in [0.4, 0.5) is 5.69 Å². The average Bonchev–Trinajstić information content (AvgIpc) is 3.45. The van der Waals surface area contributed by atoms with Crippen molar-refractivity contribution < 1.29 is 18.0 Å². The summed E-state index contributed by atoms with van der Waals surface area (Å²) in [7, 11) is -4.00. The van der Waals surface area contributed by atoms with E-state index < -0.39 is 28.5 Å². The molecule has 0 spiro atoms. The number of amides is 2. The molecule has 3 aromatic rings. The number of hydrogen-bond donors (Lipinski definition) is 1. The number of benzene rings is 3. The Bertz CT molecular complexity index is 1510. The molecule has 1 N–H and O–H groups in total. The fourth-order valence-corrected chi connectivity index (χ4v) is 6.66. The van der Waals surface area contributed by atoms with Crippen molar-refractivity contribution in [3.8, 4) is 0 Å². The Kier molecular flexibility index (Phi) is 10.8. The van der Waals surface area contributed by atoms with E-state index in [1.165, 1.54) is 17.0 Å². The van der Waals surface area contributed by atoms with E-state index in [-0.39, 0.29) is 45.7 Å². The number of aryl methyl sites for hydroxylation is 1. The van der Waals surface area contributed by atoms with Crippen LogP contribution in [0.25, 0.3) is 0 Å². The van der Waals surface area contributed by atoms with Crippen molar-refractivity contribution in [2.24, 2.45) is 0 Å². The first kappa shape index (κ1) is 32.1. The second kappa shape index (κ2) is 14.1. The van der Waals surface area contributed by atoms with Crippen LogP contribution >= 0.6 is 34.8 Å². The number of nitrogens with zero attached hydrogens (tertiary/aromatic N) is 2. The van der Waals surface area contributed by atoms with E-state index in [1.54, 1.807) is 0 Å². The molecule has 1 atom stereocenters. The highest BCUT2D eigenvalue weighted by molar-refractivity contribution is 7.92. The lowest BCUT2D eigenvalue weighted by atomic mass is 10.0. The summed E-state index contributed by atoms with van der Waals surface area (Å²) in [4.78, 5) is 29.6. The van der Waals surface area contributed by atoms with Crippen LogP contribution in [0.3, 0.4) is 0 Å². The maximum Gasteiger partial charge on any atom is 0.244 e. The molecule has 1 aliphatic rings. The zero-order valence-electron chi connectivity index (χ0n) is 23.5. The molecule has 42 heavy (non-hydrogen) atoms. The molecule has 0 aromatic heterocycles. The van der Waals surface area contributed by atoms with Crippen LogP contribution in [-0.2, 0) is 32.6 Å². The first-order valence-corrected chi connectivity index (χ1v) is 16.7. The number of nitrogens with one attached hydrogen (secondary N) is 1. The topological polar surface area (TPSA) is 86.8 Å². The predicted molar refractivity (Wildman–Crippen MR) is 170 cm³/mol. The normalized spacial score (nSPS) is 14.4. The van der Waals surface area contributed by atoms with E-state index in [0.717, 1.165) is 52.9 Å². The van der Waals surface area contributed by atoms with Gasteiger partial charge in [0.1, 0.15) is 12.6 Å². The quantitative estimate of drug-likeness (QED) is 0.243. The molecule has 0 bridgehead atoms. The molecule has 1 fully saturated rings. The molecule has 0 aliphatic heterocycles. The smallest absolute Gasteiger partial charge is 0.244 e. The Labute approximate surface area is 262 Å². The van der Waals surface area contributed by atoms with Crippen molar-refractivity contribution in [2.45, 2.75) is 57.7 Å². The molecule has 4 rings (SSSR count). The van der Waals surface area contributed by atoms with Crippen LogP contribution in [0.5, 0.6) is 0 Å². The Morgan fingerprint density at radius 1 is 0.905 bits per heavy atom. The molecule has 7 nitrogen and oxygen atoms in total. The fraction of sp³-hybridized carbons (Fsp3) is 0.355. The van der Waals surface area contributed by atoms with Gasteiger partial charge in [-0.25, -0.2) is 8.42 Å². The minimum absolute atomic E-state index is 0.0206. The molecule has 0 heterocycles. The van der Waals surface area contributed by atoms with Crippen molar-refractivity contribution in [2.75, 3.05) is 17.1 Å². The van der Waals surface area contributed by atoms with Gasteiger partial charge < -0.3 is 10.2 Å². The number of sulfonamides is 1. The Morgan fingerprint density at radius 3 is 2.14 bits per heavy atom. The fourth-order valence-electron chi connectivity index (χ4n) is 5.11. The number of anilines is 1. The molecule has 0 saturated heterocycles. The highest BCUT2D eigenvalue weighted by atomic mass is 35.5. The van der Waals surface area contributed by atoms with E-state index in [9.17, 15) is 18.0 Å². The van der Waals surface area contributed by atoms with Crippen LogP contribution in [0.2, 0.25) is 15.1 Å². The van der Waals surface area contributed by atoms with Gasteiger partial charge in [-0.3, -0.25) is 13.9 Å². The predicted octanol–water partition coefficient (Wildman–Crippen LogP) is 6.42. The molecule has 3 aromatic carbocycles. The zero-order chi connectivity index (χ0) is 30.4. The summed E-state index contributed by atoms with van der Waals surface area (Å²) in [6, 6.07) is 18.9. The lowest BCUT2D eigenvalue weighted by Gasteiger charge is -2.34. The van der Waals surface area contributed by atoms with Crippen molar-refractivity contribution in [3.05, 3.63) is 98.5 Å². The number of halogens is 3. The molecule has 2 amide bonds. The van der Waals surface area contributed by atoms with Gasteiger partial charge in [-0.05, 0) is 43.0 Å². The van der Waals surface area contributed by atoms with Gasteiger partial charge in [0, 0.05) is 19.0 Å². The number of rotatable bonds is 11. The third kappa shape index (κ3) is 8.40. The van der Waals surface area contributed by atoms with Crippen molar-refractivity contribution in [3.63, 3.8) is 0 Å². The van der Waals surface area contributed by atoms with E-state index in [1.807, 2.05) is 61.5 Å². The van der Waals surface area contributed by atoms with E-state index >= 15 is 0 Å². The molecule has 224 valence electrons. The van der Waals surface area contributed by atoms with Crippen LogP contribution in [0.1, 0.15) is 42.4 Å². The largest absolute Gasteiger partial charge is 0.352 e. The van der Waals surface area contributed by atoms with Crippen LogP contribution in [-0.4, -0.2) is 50.0 Å². The van der Waals surface area contributed by atoms with Crippen LogP contribution in [0.15, 0.2) is 66.7 Å². The second-order valence-corrected chi connectivity index (χ2v) is 13.8. The van der Waals surface area contributed by atoms with Gasteiger partial charge in [-0.15, -0.1) is 0 Å². The summed E-state index contributed by atoms with van der Waals surface area (Å²) in [6.07, 6.45) is 5.07. The van der Waals surface area contributed by atoms with Gasteiger partial charge in [-0.1, -0.05) is 108 Å². The monoisotopic (exact) mass is 649 g/mol. The highest BCUT2D eigenvalue weighted by Crippen LogP contribution is 2.35. The van der Waals surface area contributed by atoms with Gasteiger partial charge in [0.05, 0.1) is 27.0 Å². The number of carbonyl (C=O) groups excluding carboxylic acids is 2. The first-order valence-electron chi connectivity index (χ1n) is 13.7. The van der Waals surface area contributed by atoms with Gasteiger partial charge in [0.2, 0.25) is 21.8 Å². The summed E-state index contributed by atoms with van der Waals surface area (Å²) < 4.78 is 26.9. The number of carbonyl (C=O) groups is 2. The van der Waals surface area contributed by atoms with E-state index in [2.05, 4.69) is 5.32 Å². The SMILES string of the molecule is Cc1ccc(CN(C(=O)CN(c2cc(Cl)c(Cl)cc2Cl)S(C)(=O)=O)[C@H](Cc2ccccc2)C(=O)NC2CCCC2)cc1. The summed E-state index contributed by atoms with van der Waals surface area (Å²) in [5, 5.41) is 3.41. The summed E-state index contributed by atoms with van der Waals surface area (Å²) in [5.41, 5.74) is 2.75. The summed E-state index contributed by atoms with van der Waals surface area (Å²) in [6.45, 7) is 1.47. The van der Waals surface area contributed by atoms with Gasteiger partial charge >= 0.3 is 0 Å². The van der Waals surface area contributed by atoms with Crippen LogP contribution in [0, 0.1) is 6.92 Å². The maximum absolute atomic E-state index is 14.2. The molecule has 1 saturated carbocycles. The zero-order valence-corrected chi connectivity index (χ0v) is 26.6. The van der Waals surface area contributed by atoms with Crippen molar-refractivity contribution in [1.82, 2.24) is 10.2 Å². The second-order valence-electron chi connectivity index (χ2n) is 10.7. The molecular weight excluding hydrogens is 617 g/mol. The van der Waals surface area contributed by atoms with Crippen molar-refractivity contribution >= 4 is 62.3 Å². The van der Waals surface area contributed by atoms with Crippen LogP contribution < -0.4 is 9.62 Å². The Balaban J connectivity index is 1.75. The Hall–Kier alpha value is -2.78. The summed E-state index contributed by atoms with van der Waals surface area (Å²) in [5.74, 6) is -0.838. The average molecular weight is 651 g/mol. The van der Waals surface area contributed by atoms with Crippen molar-refractivity contribution in [1.29, 1.82) is 0 Å². The van der Waals surface area contributed by atoms with Gasteiger partial charge in [-0.2, -0.15) is 0 Å². The van der Waals surface area contributed by atoms with Gasteiger partial charge in [0.15, 0.2) is 0 Å². The summed E-state index contributed by atoms with van der Waals surface area (Å²) >= 11 is 18.7. The lowest BCUT2D eigenvalue weighted by Crippen LogP contribution is -2.54. The van der Waals surface area contributed by atoms with E-state index in [0.29, 0.717) is 0 Å². The van der Waals surface area contributed by atoms with Gasteiger partial charge in [0.25, 0.3) is 0 Å². The molecule has 0 radical (unpaired) electrons. The lowest BCUT2D eigenvalue weighted by molar-refractivity contribution is -0.140. The molecule has 1 aliphatic carbocycles. The first-order chi connectivity index (χ1) is 19.9. The Morgan fingerprint density at radius 2 is 1.52 bits per heavy atom. The third-order valence-corrected chi connectivity index (χ3v) is 9.54. The molecule has 0 unspecified atom stereocenters. The minimum Gasteiger partial charge on any atom is -0.352 e. The van der Waals surface area contributed by atoms with E-state index in [4.69, 9.17) is 34.8 Å². The molecule has 11 heteroatoms. The molecular formula is C31H34Cl3N3O4S. The minimum atomic E-state index is -4.00. The standard InChI is InChI=1S/C31H34Cl3N3O4S/c1-21-12-14-23(15-13-21)19-36(29(16-22-8-4-3-5-9-22)31(39)35-24-10-6-7-11-24)30(38)20-37(42(2,40)41)28-18-26(33)25(32)17-27(28)34/h3-5,8-9,12-15,17-18,24,29H,6-7,10-11,16,19-20H2,1-2H3,(H,35,39)/t29-/m1/s1. The third-order valence-electron chi connectivity index (χ3n) is 7.38.